The van der Waals surface area contributed by atoms with E-state index in [1.165, 1.54) is 57.8 Å². The third-order valence-corrected chi connectivity index (χ3v) is 10.6. The van der Waals surface area contributed by atoms with E-state index in [0.717, 1.165) is 49.0 Å². The second kappa shape index (κ2) is 8.30. The van der Waals surface area contributed by atoms with Crippen LogP contribution in [-0.2, 0) is 0 Å². The van der Waals surface area contributed by atoms with E-state index in [2.05, 4.69) is 33.8 Å². The summed E-state index contributed by atoms with van der Waals surface area (Å²) in [6, 6.07) is 0. The summed E-state index contributed by atoms with van der Waals surface area (Å²) >= 11 is 0. The van der Waals surface area contributed by atoms with Gasteiger partial charge in [-0.15, -0.1) is 0 Å². The molecule has 4 rings (SSSR count). The molecule has 0 bridgehead atoms. The maximum atomic E-state index is 10.2. The second-order valence-electron chi connectivity index (χ2n) is 12.1. The zero-order chi connectivity index (χ0) is 20.8. The zero-order valence-electron chi connectivity index (χ0n) is 19.6. The highest BCUT2D eigenvalue weighted by Crippen LogP contribution is 2.67. The second-order valence-corrected chi connectivity index (χ2v) is 12.1. The summed E-state index contributed by atoms with van der Waals surface area (Å²) in [4.78, 5) is 0. The topological polar surface area (TPSA) is 46.2 Å². The maximum Gasteiger partial charge on any atom is 0.0577 e. The Morgan fingerprint density at radius 1 is 1.07 bits per heavy atom. The Bertz CT molecular complexity index is 614. The summed E-state index contributed by atoms with van der Waals surface area (Å²) in [7, 11) is 0. The molecule has 3 fully saturated rings. The standard InChI is InChI=1S/C27H47NO/c1-18(17-28)6-5-7-19(2)23-10-11-24-22-9-8-20-16-21(29)12-14-26(20,3)25(22)13-15-27(23,24)4/h8,18-19,21-25,29H,5-7,9-17,28H2,1-4H3. The normalized spacial score (nSPS) is 46.3. The molecular formula is C27H47NO. The minimum Gasteiger partial charge on any atom is -0.393 e. The highest BCUT2D eigenvalue weighted by Gasteiger charge is 2.59. The average Bonchev–Trinajstić information content (AvgIpc) is 3.05. The van der Waals surface area contributed by atoms with Crippen molar-refractivity contribution in [1.82, 2.24) is 0 Å². The van der Waals surface area contributed by atoms with Gasteiger partial charge in [0.15, 0.2) is 0 Å². The van der Waals surface area contributed by atoms with Crippen LogP contribution in [-0.4, -0.2) is 17.8 Å². The minimum absolute atomic E-state index is 0.0848. The molecule has 3 N–H and O–H groups in total. The minimum atomic E-state index is -0.0848. The van der Waals surface area contributed by atoms with Crippen LogP contribution in [0.5, 0.6) is 0 Å². The molecule has 2 nitrogen and oxygen atoms in total. The highest BCUT2D eigenvalue weighted by atomic mass is 16.3. The van der Waals surface area contributed by atoms with Gasteiger partial charge in [0.2, 0.25) is 0 Å². The Balaban J connectivity index is 1.46. The van der Waals surface area contributed by atoms with Crippen LogP contribution in [0.4, 0.5) is 0 Å². The lowest BCUT2D eigenvalue weighted by molar-refractivity contribution is -0.0573. The van der Waals surface area contributed by atoms with E-state index in [-0.39, 0.29) is 6.10 Å². The molecule has 0 heterocycles. The van der Waals surface area contributed by atoms with E-state index >= 15 is 0 Å². The van der Waals surface area contributed by atoms with Gasteiger partial charge in [0, 0.05) is 0 Å². The maximum absolute atomic E-state index is 10.2. The van der Waals surface area contributed by atoms with Crippen molar-refractivity contribution in [2.75, 3.05) is 6.54 Å². The van der Waals surface area contributed by atoms with Gasteiger partial charge in [-0.2, -0.15) is 0 Å². The van der Waals surface area contributed by atoms with Crippen LogP contribution in [0.25, 0.3) is 0 Å². The van der Waals surface area contributed by atoms with E-state index < -0.39 is 0 Å². The van der Waals surface area contributed by atoms with Gasteiger partial charge in [0.1, 0.15) is 0 Å². The molecule has 4 aliphatic carbocycles. The number of allylic oxidation sites excluding steroid dienone is 1. The molecular weight excluding hydrogens is 354 g/mol. The number of rotatable bonds is 6. The van der Waals surface area contributed by atoms with Gasteiger partial charge in [-0.3, -0.25) is 0 Å². The highest BCUT2D eigenvalue weighted by molar-refractivity contribution is 5.25. The molecule has 9 atom stereocenters. The molecule has 166 valence electrons. The van der Waals surface area contributed by atoms with E-state index in [4.69, 9.17) is 5.73 Å². The Hall–Kier alpha value is -0.340. The fourth-order valence-corrected chi connectivity index (χ4v) is 8.72. The Morgan fingerprint density at radius 2 is 1.86 bits per heavy atom. The average molecular weight is 402 g/mol. The summed E-state index contributed by atoms with van der Waals surface area (Å²) in [5, 5.41) is 10.2. The van der Waals surface area contributed by atoms with Crippen molar-refractivity contribution in [2.45, 2.75) is 104 Å². The molecule has 0 aromatic heterocycles. The first-order chi connectivity index (χ1) is 13.8. The van der Waals surface area contributed by atoms with Crippen LogP contribution in [0.2, 0.25) is 0 Å². The molecule has 0 amide bonds. The van der Waals surface area contributed by atoms with Crippen LogP contribution in [0.15, 0.2) is 11.6 Å². The molecule has 0 aromatic rings. The molecule has 4 aliphatic rings. The van der Waals surface area contributed by atoms with Crippen molar-refractivity contribution >= 4 is 0 Å². The van der Waals surface area contributed by atoms with Crippen molar-refractivity contribution in [1.29, 1.82) is 0 Å². The lowest BCUT2D eigenvalue weighted by Gasteiger charge is -2.58. The molecule has 0 spiro atoms. The molecule has 3 saturated carbocycles. The van der Waals surface area contributed by atoms with Crippen molar-refractivity contribution in [3.63, 3.8) is 0 Å². The van der Waals surface area contributed by atoms with E-state index in [1.807, 2.05) is 0 Å². The summed E-state index contributed by atoms with van der Waals surface area (Å²) in [5.74, 6) is 5.16. The molecule has 0 aliphatic heterocycles. The molecule has 0 aromatic carbocycles. The Morgan fingerprint density at radius 3 is 2.62 bits per heavy atom. The van der Waals surface area contributed by atoms with Gasteiger partial charge in [0.05, 0.1) is 6.10 Å². The van der Waals surface area contributed by atoms with Gasteiger partial charge in [0.25, 0.3) is 0 Å². The predicted octanol–water partition coefficient (Wildman–Crippen LogP) is 6.33. The van der Waals surface area contributed by atoms with Gasteiger partial charge in [-0.1, -0.05) is 52.2 Å². The first-order valence-electron chi connectivity index (χ1n) is 12.9. The van der Waals surface area contributed by atoms with Crippen molar-refractivity contribution in [3.05, 3.63) is 11.6 Å². The Kier molecular flexibility index (Phi) is 6.26. The number of aliphatic hydroxyl groups excluding tert-OH is 1. The summed E-state index contributed by atoms with van der Waals surface area (Å²) in [6.45, 7) is 10.9. The fraction of sp³-hybridized carbons (Fsp3) is 0.926. The molecule has 29 heavy (non-hydrogen) atoms. The quantitative estimate of drug-likeness (QED) is 0.511. The largest absolute Gasteiger partial charge is 0.393 e. The third kappa shape index (κ3) is 3.75. The molecule has 0 radical (unpaired) electrons. The first kappa shape index (κ1) is 21.9. The van der Waals surface area contributed by atoms with Gasteiger partial charge in [-0.05, 0) is 111 Å². The van der Waals surface area contributed by atoms with Crippen LogP contribution < -0.4 is 5.73 Å². The number of nitrogens with two attached hydrogens (primary N) is 1. The predicted molar refractivity (Wildman–Crippen MR) is 122 cm³/mol. The van der Waals surface area contributed by atoms with Crippen LogP contribution in [0, 0.1) is 46.3 Å². The fourth-order valence-electron chi connectivity index (χ4n) is 8.72. The monoisotopic (exact) mass is 401 g/mol. The van der Waals surface area contributed by atoms with E-state index in [9.17, 15) is 5.11 Å². The smallest absolute Gasteiger partial charge is 0.0577 e. The van der Waals surface area contributed by atoms with Gasteiger partial charge in [-0.25, -0.2) is 0 Å². The van der Waals surface area contributed by atoms with E-state index in [1.54, 1.807) is 5.57 Å². The van der Waals surface area contributed by atoms with Gasteiger partial charge < -0.3 is 10.8 Å². The van der Waals surface area contributed by atoms with Crippen molar-refractivity contribution < 1.29 is 5.11 Å². The summed E-state index contributed by atoms with van der Waals surface area (Å²) in [5.41, 5.74) is 8.38. The van der Waals surface area contributed by atoms with Crippen molar-refractivity contribution in [2.24, 2.45) is 52.1 Å². The van der Waals surface area contributed by atoms with Gasteiger partial charge >= 0.3 is 0 Å². The molecule has 9 unspecified atom stereocenters. The molecule has 0 saturated heterocycles. The van der Waals surface area contributed by atoms with Crippen LogP contribution in [0.1, 0.15) is 98.3 Å². The molecule has 2 heteroatoms. The number of hydrogen-bond acceptors (Lipinski definition) is 2. The lowest BCUT2D eigenvalue weighted by atomic mass is 9.47. The number of aliphatic hydroxyl groups is 1. The first-order valence-corrected chi connectivity index (χ1v) is 12.9. The number of fused-ring (bicyclic) bond motifs is 5. The summed E-state index contributed by atoms with van der Waals surface area (Å²) < 4.78 is 0. The zero-order valence-corrected chi connectivity index (χ0v) is 19.6. The SMILES string of the molecule is CC(CN)CCCC(C)C1CCC2C3CC=C4CC(O)CCC4(C)C3CCC12C. The van der Waals surface area contributed by atoms with Crippen LogP contribution in [0.3, 0.4) is 0 Å². The van der Waals surface area contributed by atoms with E-state index in [0.29, 0.717) is 16.7 Å². The van der Waals surface area contributed by atoms with Crippen LogP contribution >= 0.6 is 0 Å². The Labute approximate surface area is 180 Å². The third-order valence-electron chi connectivity index (χ3n) is 10.6. The lowest BCUT2D eigenvalue weighted by Crippen LogP contribution is -2.50. The number of hydrogen-bond donors (Lipinski definition) is 2. The van der Waals surface area contributed by atoms with Crippen molar-refractivity contribution in [3.8, 4) is 0 Å². The summed E-state index contributed by atoms with van der Waals surface area (Å²) in [6.07, 6.45) is 16.8.